The minimum atomic E-state index is -0.880. The number of carbonyl (C=O) groups excluding carboxylic acids is 1. The average Bonchev–Trinajstić information content (AvgIpc) is 3.71. The summed E-state index contributed by atoms with van der Waals surface area (Å²) in [6, 6.07) is 8.24. The lowest BCUT2D eigenvalue weighted by Crippen LogP contribution is -2.44. The van der Waals surface area contributed by atoms with Gasteiger partial charge in [0, 0.05) is 43.2 Å². The highest BCUT2D eigenvalue weighted by Gasteiger charge is 2.32. The third-order valence-electron chi connectivity index (χ3n) is 7.04. The molecule has 196 valence electrons. The van der Waals surface area contributed by atoms with Gasteiger partial charge in [0.15, 0.2) is 17.4 Å². The van der Waals surface area contributed by atoms with Crippen LogP contribution >= 0.6 is 0 Å². The van der Waals surface area contributed by atoms with Crippen LogP contribution in [0.2, 0.25) is 0 Å². The topological polar surface area (TPSA) is 88.4 Å². The molecular formula is C27H27F2N7O2. The van der Waals surface area contributed by atoms with E-state index in [1.807, 2.05) is 6.07 Å². The number of hydrogen-bond acceptors (Lipinski definition) is 8. The van der Waals surface area contributed by atoms with E-state index in [2.05, 4.69) is 37.1 Å². The Hall–Kier alpha value is -4.12. The van der Waals surface area contributed by atoms with Crippen LogP contribution < -0.4 is 15.0 Å². The minimum Gasteiger partial charge on any atom is -0.433 e. The Morgan fingerprint density at radius 3 is 2.53 bits per heavy atom. The molecule has 3 aromatic heterocycles. The van der Waals surface area contributed by atoms with Crippen molar-refractivity contribution in [2.24, 2.45) is 5.92 Å². The lowest BCUT2D eigenvalue weighted by molar-refractivity contribution is 0.0889. The summed E-state index contributed by atoms with van der Waals surface area (Å²) in [6.45, 7) is 5.54. The standard InChI is InChI=1S/C27H27F2N7O2/c1-16-13-19-20(36(16)27(37)17-3-4-17)6-7-21(23(19)28)38-26-24(29)25(31-15-32-26)33-22-8-5-18(14-30-22)35-11-9-34(2)10-12-35/h5-8,13-15,17H,3-4,9-12H2,1-2H3,(H,30,31,32,33). The maximum absolute atomic E-state index is 15.4. The second-order valence-electron chi connectivity index (χ2n) is 9.80. The lowest BCUT2D eigenvalue weighted by Gasteiger charge is -2.33. The number of piperazine rings is 1. The molecule has 0 unspecified atom stereocenters. The molecule has 1 saturated heterocycles. The maximum Gasteiger partial charge on any atom is 0.261 e. The molecule has 1 saturated carbocycles. The summed E-state index contributed by atoms with van der Waals surface area (Å²) in [5, 5.41) is 3.07. The average molecular weight is 520 g/mol. The molecule has 4 heterocycles. The van der Waals surface area contributed by atoms with Crippen LogP contribution in [0, 0.1) is 24.5 Å². The molecule has 11 heteroatoms. The van der Waals surface area contributed by atoms with Crippen molar-refractivity contribution in [3.63, 3.8) is 0 Å². The number of anilines is 3. The molecule has 1 N–H and O–H groups in total. The number of aryl methyl sites for hydroxylation is 1. The molecule has 2 fully saturated rings. The number of halogens is 2. The van der Waals surface area contributed by atoms with Gasteiger partial charge >= 0.3 is 0 Å². The zero-order valence-electron chi connectivity index (χ0n) is 21.1. The number of aromatic nitrogens is 4. The van der Waals surface area contributed by atoms with E-state index in [0.29, 0.717) is 17.0 Å². The number of nitrogens with one attached hydrogen (secondary N) is 1. The van der Waals surface area contributed by atoms with E-state index in [1.165, 1.54) is 10.6 Å². The molecule has 1 aliphatic carbocycles. The largest absolute Gasteiger partial charge is 0.433 e. The molecule has 0 radical (unpaired) electrons. The second-order valence-corrected chi connectivity index (χ2v) is 9.80. The Balaban J connectivity index is 1.21. The highest BCUT2D eigenvalue weighted by Crippen LogP contribution is 2.36. The molecule has 0 amide bonds. The van der Waals surface area contributed by atoms with Crippen molar-refractivity contribution >= 4 is 34.1 Å². The molecule has 9 nitrogen and oxygen atoms in total. The van der Waals surface area contributed by atoms with Gasteiger partial charge in [-0.05, 0) is 57.1 Å². The first-order chi connectivity index (χ1) is 18.4. The van der Waals surface area contributed by atoms with Gasteiger partial charge in [-0.2, -0.15) is 9.37 Å². The predicted octanol–water partition coefficient (Wildman–Crippen LogP) is 4.75. The highest BCUT2D eigenvalue weighted by molar-refractivity contribution is 5.96. The van der Waals surface area contributed by atoms with Gasteiger partial charge in [0.1, 0.15) is 12.1 Å². The normalized spacial score (nSPS) is 16.2. The van der Waals surface area contributed by atoms with Gasteiger partial charge in [-0.25, -0.2) is 14.4 Å². The Bertz CT molecular complexity index is 1510. The smallest absolute Gasteiger partial charge is 0.261 e. The van der Waals surface area contributed by atoms with Crippen molar-refractivity contribution in [3.05, 3.63) is 60.2 Å². The van der Waals surface area contributed by atoms with Crippen LogP contribution in [0.4, 0.5) is 26.1 Å². The summed E-state index contributed by atoms with van der Waals surface area (Å²) >= 11 is 0. The highest BCUT2D eigenvalue weighted by atomic mass is 19.1. The molecule has 2 aliphatic rings. The Kier molecular flexibility index (Phi) is 6.15. The van der Waals surface area contributed by atoms with Gasteiger partial charge in [-0.3, -0.25) is 9.36 Å². The number of fused-ring (bicyclic) bond motifs is 1. The summed E-state index contributed by atoms with van der Waals surface area (Å²) in [6.07, 6.45) is 4.56. The molecule has 6 rings (SSSR count). The van der Waals surface area contributed by atoms with E-state index in [9.17, 15) is 4.79 Å². The zero-order chi connectivity index (χ0) is 26.4. The number of carbonyl (C=O) groups is 1. The van der Waals surface area contributed by atoms with Crippen molar-refractivity contribution in [2.75, 3.05) is 43.4 Å². The van der Waals surface area contributed by atoms with E-state index in [1.54, 1.807) is 31.3 Å². The number of rotatable bonds is 6. The Labute approximate surface area is 218 Å². The van der Waals surface area contributed by atoms with Gasteiger partial charge in [-0.15, -0.1) is 0 Å². The molecule has 1 aliphatic heterocycles. The monoisotopic (exact) mass is 519 g/mol. The molecule has 1 aromatic carbocycles. The van der Waals surface area contributed by atoms with Crippen molar-refractivity contribution in [3.8, 4) is 11.6 Å². The summed E-state index contributed by atoms with van der Waals surface area (Å²) in [5.74, 6) is -2.00. The third-order valence-corrected chi connectivity index (χ3v) is 7.04. The molecule has 0 spiro atoms. The van der Waals surface area contributed by atoms with Crippen LogP contribution in [0.25, 0.3) is 10.9 Å². The molecule has 0 bridgehead atoms. The number of hydrogen-bond donors (Lipinski definition) is 1. The molecular weight excluding hydrogens is 492 g/mol. The summed E-state index contributed by atoms with van der Waals surface area (Å²) < 4.78 is 37.7. The SMILES string of the molecule is Cc1cc2c(F)c(Oc3ncnc(Nc4ccc(N5CCN(C)CC5)cn4)c3F)ccc2n1C(=O)C1CC1. The zero-order valence-corrected chi connectivity index (χ0v) is 21.1. The van der Waals surface area contributed by atoms with Gasteiger partial charge in [0.05, 0.1) is 17.4 Å². The quantitative estimate of drug-likeness (QED) is 0.391. The van der Waals surface area contributed by atoms with Gasteiger partial charge in [0.2, 0.25) is 11.7 Å². The van der Waals surface area contributed by atoms with E-state index in [0.717, 1.165) is 51.0 Å². The van der Waals surface area contributed by atoms with Crippen molar-refractivity contribution in [2.45, 2.75) is 19.8 Å². The Morgan fingerprint density at radius 2 is 1.82 bits per heavy atom. The number of likely N-dealkylation sites (N-methyl/N-ethyl adjacent to an activating group) is 1. The van der Waals surface area contributed by atoms with Crippen LogP contribution in [-0.2, 0) is 0 Å². The summed E-state index contributed by atoms with van der Waals surface area (Å²) in [5.41, 5.74) is 2.09. The lowest BCUT2D eigenvalue weighted by atomic mass is 10.2. The van der Waals surface area contributed by atoms with Crippen LogP contribution in [0.1, 0.15) is 23.3 Å². The van der Waals surface area contributed by atoms with Crippen LogP contribution in [-0.4, -0.2) is 63.6 Å². The predicted molar refractivity (Wildman–Crippen MR) is 139 cm³/mol. The maximum atomic E-state index is 15.4. The summed E-state index contributed by atoms with van der Waals surface area (Å²) in [4.78, 5) is 29.4. The molecule has 0 atom stereocenters. The van der Waals surface area contributed by atoms with Gasteiger partial charge in [-0.1, -0.05) is 0 Å². The van der Waals surface area contributed by atoms with Crippen LogP contribution in [0.3, 0.4) is 0 Å². The first-order valence-corrected chi connectivity index (χ1v) is 12.6. The number of benzene rings is 1. The first kappa shape index (κ1) is 24.2. The van der Waals surface area contributed by atoms with Crippen LogP contribution in [0.15, 0.2) is 42.9 Å². The number of nitrogens with zero attached hydrogens (tertiary/aromatic N) is 6. The van der Waals surface area contributed by atoms with E-state index >= 15 is 8.78 Å². The molecule has 38 heavy (non-hydrogen) atoms. The first-order valence-electron chi connectivity index (χ1n) is 12.6. The fourth-order valence-corrected chi connectivity index (χ4v) is 4.69. The van der Waals surface area contributed by atoms with Gasteiger partial charge < -0.3 is 19.9 Å². The number of pyridine rings is 1. The van der Waals surface area contributed by atoms with E-state index < -0.39 is 17.5 Å². The second kappa shape index (κ2) is 9.64. The van der Waals surface area contributed by atoms with Crippen molar-refractivity contribution < 1.29 is 18.3 Å². The fourth-order valence-electron chi connectivity index (χ4n) is 4.69. The summed E-state index contributed by atoms with van der Waals surface area (Å²) in [7, 11) is 2.10. The molecule has 4 aromatic rings. The number of ether oxygens (including phenoxy) is 1. The fraction of sp³-hybridized carbons (Fsp3) is 0.333. The van der Waals surface area contributed by atoms with Gasteiger partial charge in [0.25, 0.3) is 5.88 Å². The van der Waals surface area contributed by atoms with E-state index in [-0.39, 0.29) is 28.8 Å². The van der Waals surface area contributed by atoms with Crippen molar-refractivity contribution in [1.82, 2.24) is 24.4 Å². The third kappa shape index (κ3) is 4.53. The van der Waals surface area contributed by atoms with Crippen molar-refractivity contribution in [1.29, 1.82) is 0 Å². The van der Waals surface area contributed by atoms with E-state index in [4.69, 9.17) is 4.74 Å². The minimum absolute atomic E-state index is 0.0122. The Morgan fingerprint density at radius 1 is 1.03 bits per heavy atom. The van der Waals surface area contributed by atoms with Crippen LogP contribution in [0.5, 0.6) is 11.6 Å².